The summed E-state index contributed by atoms with van der Waals surface area (Å²) in [5, 5.41) is 17.9. The number of H-pyrrole nitrogens is 1. The Bertz CT molecular complexity index is 1060. The Morgan fingerprint density at radius 3 is 2.59 bits per heavy atom. The molecule has 0 radical (unpaired) electrons. The first-order valence-electron chi connectivity index (χ1n) is 9.42. The fourth-order valence-corrected chi connectivity index (χ4v) is 3.35. The molecule has 0 unspecified atom stereocenters. The van der Waals surface area contributed by atoms with E-state index in [2.05, 4.69) is 4.98 Å². The second kappa shape index (κ2) is 9.12. The van der Waals surface area contributed by atoms with Gasteiger partial charge in [-0.2, -0.15) is 0 Å². The summed E-state index contributed by atoms with van der Waals surface area (Å²) in [7, 11) is 0. The molecule has 0 spiro atoms. The molecule has 148 valence electrons. The summed E-state index contributed by atoms with van der Waals surface area (Å²) in [6.07, 6.45) is 5.48. The van der Waals surface area contributed by atoms with Crippen LogP contribution in [-0.2, 0) is 11.2 Å². The number of ketones is 1. The van der Waals surface area contributed by atoms with Gasteiger partial charge >= 0.3 is 0 Å². The van der Waals surface area contributed by atoms with Crippen molar-refractivity contribution in [3.63, 3.8) is 0 Å². The van der Waals surface area contributed by atoms with Gasteiger partial charge in [0.1, 0.15) is 0 Å². The van der Waals surface area contributed by atoms with Crippen molar-refractivity contribution in [1.29, 1.82) is 5.41 Å². The van der Waals surface area contributed by atoms with Gasteiger partial charge in [-0.25, -0.2) is 5.48 Å². The standard InChI is InChI=1S/C23H23N3O3/c1-2-17(23(28)19-14-25-21-6-4-3-5-18(19)21)20(24)13-16-9-7-15(8-10-16)11-12-22(27)26-29/h3-12,14,17,24-25,29H,2,13H2,1H3,(H,26,27)/t17-/m1/s1. The number of rotatable bonds is 8. The number of aromatic nitrogens is 1. The average molecular weight is 389 g/mol. The van der Waals surface area contributed by atoms with Gasteiger partial charge in [0.15, 0.2) is 5.78 Å². The topological polar surface area (TPSA) is 106 Å². The van der Waals surface area contributed by atoms with Gasteiger partial charge in [-0.1, -0.05) is 49.4 Å². The first-order valence-corrected chi connectivity index (χ1v) is 9.42. The Morgan fingerprint density at radius 2 is 1.90 bits per heavy atom. The van der Waals surface area contributed by atoms with Crippen molar-refractivity contribution in [2.75, 3.05) is 0 Å². The third-order valence-corrected chi connectivity index (χ3v) is 4.91. The molecule has 0 aliphatic rings. The molecule has 0 fully saturated rings. The molecule has 3 aromatic rings. The summed E-state index contributed by atoms with van der Waals surface area (Å²) >= 11 is 0. The number of carbonyl (C=O) groups is 2. The highest BCUT2D eigenvalue weighted by Gasteiger charge is 2.25. The molecular formula is C23H23N3O3. The van der Waals surface area contributed by atoms with Gasteiger partial charge in [0.05, 0.1) is 5.92 Å². The smallest absolute Gasteiger partial charge is 0.267 e. The molecule has 2 aromatic carbocycles. The van der Waals surface area contributed by atoms with E-state index in [-0.39, 0.29) is 5.78 Å². The highest BCUT2D eigenvalue weighted by atomic mass is 16.5. The van der Waals surface area contributed by atoms with Crippen molar-refractivity contribution in [2.24, 2.45) is 5.92 Å². The first-order chi connectivity index (χ1) is 14.0. The Hall–Kier alpha value is -3.51. The SMILES string of the molecule is CC[C@H](C(=N)Cc1ccc(C=CC(=O)NO)cc1)C(=O)c1c[nH]c2ccccc12. The van der Waals surface area contributed by atoms with E-state index in [0.717, 1.165) is 22.0 Å². The van der Waals surface area contributed by atoms with E-state index >= 15 is 0 Å². The Morgan fingerprint density at radius 1 is 1.17 bits per heavy atom. The zero-order chi connectivity index (χ0) is 20.8. The van der Waals surface area contributed by atoms with E-state index < -0.39 is 11.8 Å². The maximum absolute atomic E-state index is 13.1. The first kappa shape index (κ1) is 20.2. The minimum atomic E-state index is -0.600. The lowest BCUT2D eigenvalue weighted by molar-refractivity contribution is -0.124. The van der Waals surface area contributed by atoms with Crippen LogP contribution in [0.4, 0.5) is 0 Å². The summed E-state index contributed by atoms with van der Waals surface area (Å²) < 4.78 is 0. The highest BCUT2D eigenvalue weighted by Crippen LogP contribution is 2.23. The number of aromatic amines is 1. The number of Topliss-reactive ketones (excluding diaryl/α,β-unsaturated/α-hetero) is 1. The molecule has 0 saturated carbocycles. The largest absolute Gasteiger partial charge is 0.360 e. The summed E-state index contributed by atoms with van der Waals surface area (Å²) in [6.45, 7) is 1.92. The summed E-state index contributed by atoms with van der Waals surface area (Å²) in [5.41, 5.74) is 5.17. The highest BCUT2D eigenvalue weighted by molar-refractivity contribution is 6.17. The molecule has 0 aliphatic heterocycles. The lowest BCUT2D eigenvalue weighted by Gasteiger charge is -2.15. The number of hydrogen-bond donors (Lipinski definition) is 4. The Labute approximate surface area is 168 Å². The molecule has 0 bridgehead atoms. The van der Waals surface area contributed by atoms with Crippen LogP contribution in [0.5, 0.6) is 0 Å². The lowest BCUT2D eigenvalue weighted by atomic mass is 9.87. The quantitative estimate of drug-likeness (QED) is 0.153. The summed E-state index contributed by atoms with van der Waals surface area (Å²) in [4.78, 5) is 27.2. The van der Waals surface area contributed by atoms with Gasteiger partial charge in [-0.05, 0) is 29.7 Å². The molecule has 0 aliphatic carbocycles. The number of hydroxylamine groups is 1. The molecule has 1 heterocycles. The summed E-state index contributed by atoms with van der Waals surface area (Å²) in [5.74, 6) is -1.11. The third-order valence-electron chi connectivity index (χ3n) is 4.91. The lowest BCUT2D eigenvalue weighted by Crippen LogP contribution is -2.24. The van der Waals surface area contributed by atoms with Gasteiger partial charge in [0.2, 0.25) is 0 Å². The Kier molecular flexibility index (Phi) is 6.36. The molecule has 6 nitrogen and oxygen atoms in total. The average Bonchev–Trinajstić information content (AvgIpc) is 3.17. The monoisotopic (exact) mass is 389 g/mol. The fraction of sp³-hybridized carbons (Fsp3) is 0.174. The predicted octanol–water partition coefficient (Wildman–Crippen LogP) is 4.16. The number of amides is 1. The van der Waals surface area contributed by atoms with E-state index in [1.807, 2.05) is 55.5 Å². The van der Waals surface area contributed by atoms with Crippen LogP contribution in [-0.4, -0.2) is 27.6 Å². The van der Waals surface area contributed by atoms with E-state index in [1.165, 1.54) is 11.6 Å². The van der Waals surface area contributed by atoms with Crippen molar-refractivity contribution in [3.8, 4) is 0 Å². The van der Waals surface area contributed by atoms with Crippen LogP contribution < -0.4 is 5.48 Å². The van der Waals surface area contributed by atoms with Crippen LogP contribution in [0.2, 0.25) is 0 Å². The predicted molar refractivity (Wildman–Crippen MR) is 113 cm³/mol. The van der Waals surface area contributed by atoms with Crippen molar-refractivity contribution in [3.05, 3.63) is 77.5 Å². The molecule has 1 atom stereocenters. The second-order valence-corrected chi connectivity index (χ2v) is 6.83. The van der Waals surface area contributed by atoms with Crippen molar-refractivity contribution >= 4 is 34.4 Å². The number of hydrogen-bond acceptors (Lipinski definition) is 4. The van der Waals surface area contributed by atoms with Crippen molar-refractivity contribution in [2.45, 2.75) is 19.8 Å². The van der Waals surface area contributed by atoms with Crippen molar-refractivity contribution < 1.29 is 14.8 Å². The maximum Gasteiger partial charge on any atom is 0.267 e. The third kappa shape index (κ3) is 4.67. The van der Waals surface area contributed by atoms with Gasteiger partial charge in [0.25, 0.3) is 5.91 Å². The van der Waals surface area contributed by atoms with Gasteiger partial charge < -0.3 is 10.4 Å². The van der Waals surface area contributed by atoms with Crippen LogP contribution in [0.1, 0.15) is 34.8 Å². The molecule has 1 aromatic heterocycles. The van der Waals surface area contributed by atoms with Gasteiger partial charge in [-0.15, -0.1) is 0 Å². The number of benzene rings is 2. The van der Waals surface area contributed by atoms with Crippen LogP contribution in [0, 0.1) is 11.3 Å². The normalized spacial score (nSPS) is 12.2. The molecule has 4 N–H and O–H groups in total. The van der Waals surface area contributed by atoms with E-state index in [1.54, 1.807) is 12.3 Å². The molecule has 29 heavy (non-hydrogen) atoms. The molecule has 1 amide bonds. The number of para-hydroxylation sites is 1. The van der Waals surface area contributed by atoms with E-state index in [0.29, 0.717) is 24.1 Å². The number of fused-ring (bicyclic) bond motifs is 1. The van der Waals surface area contributed by atoms with Crippen molar-refractivity contribution in [1.82, 2.24) is 10.5 Å². The molecule has 6 heteroatoms. The second-order valence-electron chi connectivity index (χ2n) is 6.83. The van der Waals surface area contributed by atoms with E-state index in [4.69, 9.17) is 10.6 Å². The van der Waals surface area contributed by atoms with Crippen LogP contribution in [0.25, 0.3) is 17.0 Å². The van der Waals surface area contributed by atoms with Crippen LogP contribution in [0.3, 0.4) is 0 Å². The van der Waals surface area contributed by atoms with Crippen LogP contribution >= 0.6 is 0 Å². The Balaban J connectivity index is 1.72. The van der Waals surface area contributed by atoms with E-state index in [9.17, 15) is 9.59 Å². The fourth-order valence-electron chi connectivity index (χ4n) is 3.35. The van der Waals surface area contributed by atoms with Gasteiger partial charge in [-0.3, -0.25) is 14.8 Å². The number of nitrogens with one attached hydrogen (secondary N) is 3. The molecule has 3 rings (SSSR count). The zero-order valence-corrected chi connectivity index (χ0v) is 16.1. The minimum absolute atomic E-state index is 0.0375. The maximum atomic E-state index is 13.1. The zero-order valence-electron chi connectivity index (χ0n) is 16.1. The summed E-state index contributed by atoms with van der Waals surface area (Å²) in [6, 6.07) is 15.1. The van der Waals surface area contributed by atoms with Gasteiger partial charge in [0, 0.05) is 40.9 Å². The number of carbonyl (C=O) groups excluding carboxylic acids is 2. The minimum Gasteiger partial charge on any atom is -0.360 e. The molecular weight excluding hydrogens is 366 g/mol. The molecule has 0 saturated heterocycles. The van der Waals surface area contributed by atoms with Crippen LogP contribution in [0.15, 0.2) is 60.8 Å².